The van der Waals surface area contributed by atoms with E-state index in [-0.39, 0.29) is 26.3 Å². The van der Waals surface area contributed by atoms with Gasteiger partial charge in [0, 0.05) is 0 Å². The second kappa shape index (κ2) is 23.3. The molecule has 0 nitrogen and oxygen atoms in total. The molecule has 0 aromatic heterocycles. The van der Waals surface area contributed by atoms with Gasteiger partial charge in [-0.1, -0.05) is 20.3 Å². The van der Waals surface area contributed by atoms with Crippen molar-refractivity contribution in [2.45, 2.75) is 20.3 Å². The summed E-state index contributed by atoms with van der Waals surface area (Å²) in [6.45, 7) is 4.25. The number of rotatable bonds is 0. The molecule has 5 heavy (non-hydrogen) atoms. The molecule has 0 aliphatic heterocycles. The van der Waals surface area contributed by atoms with Crippen molar-refractivity contribution >= 4 is 0 Å². The van der Waals surface area contributed by atoms with E-state index in [0.717, 1.165) is 0 Å². The Kier molecular flexibility index (Phi) is 81.8. The van der Waals surface area contributed by atoms with Crippen LogP contribution in [0.4, 0.5) is 0 Å². The van der Waals surface area contributed by atoms with Crippen LogP contribution in [-0.4, -0.2) is 0 Å². The summed E-state index contributed by atoms with van der Waals surface area (Å²) in [4.78, 5) is 0. The van der Waals surface area contributed by atoms with Gasteiger partial charge in [-0.2, -0.15) is 0 Å². The smallest absolute Gasteiger partial charge is 0.358 e. The molecule has 28 valence electrons. The molecule has 0 aromatic carbocycles. The van der Waals surface area contributed by atoms with Crippen molar-refractivity contribution < 1.29 is 18.9 Å². The summed E-state index contributed by atoms with van der Waals surface area (Å²) in [5.41, 5.74) is 0. The topological polar surface area (TPSA) is 0 Å². The van der Waals surface area contributed by atoms with Gasteiger partial charge in [-0.3, -0.25) is 0 Å². The molecule has 0 amide bonds. The third-order valence-corrected chi connectivity index (χ3v) is 0. The van der Waals surface area contributed by atoms with E-state index in [4.69, 9.17) is 0 Å². The second-order valence-electron chi connectivity index (χ2n) is 0.707. The van der Waals surface area contributed by atoms with Gasteiger partial charge in [0.2, 0.25) is 0 Å². The van der Waals surface area contributed by atoms with Crippen LogP contribution in [0.5, 0.6) is 0 Å². The van der Waals surface area contributed by atoms with Crippen molar-refractivity contribution in [1.29, 1.82) is 0 Å². The van der Waals surface area contributed by atoms with Crippen LogP contribution in [0, 0.1) is 7.43 Å². The van der Waals surface area contributed by atoms with Gasteiger partial charge in [-0.05, 0) is 0 Å². The summed E-state index contributed by atoms with van der Waals surface area (Å²) in [5, 5.41) is 0. The van der Waals surface area contributed by atoms with Gasteiger partial charge >= 0.3 is 18.9 Å². The van der Waals surface area contributed by atoms with Crippen LogP contribution in [0.1, 0.15) is 20.3 Å². The molecule has 0 fully saturated rings. The predicted molar refractivity (Wildman–Crippen MR) is 22.4 cm³/mol. The Morgan fingerprint density at radius 3 is 1.20 bits per heavy atom. The SMILES string of the molecule is CCC.[CH3-].[Li+]. The Labute approximate surface area is 47.1 Å². The second-order valence-corrected chi connectivity index (χ2v) is 0.707. The number of hydrogen-bond donors (Lipinski definition) is 0. The molecule has 0 rings (SSSR count). The monoisotopic (exact) mass is 66.1 g/mol. The molecule has 0 N–H and O–H groups in total. The minimum Gasteiger partial charge on any atom is -0.358 e. The number of hydrogen-bond acceptors (Lipinski definition) is 0. The standard InChI is InChI=1S/C3H8.CH3.Li/c1-3-2;;/h3H2,1-2H3;1H3;/q;-1;+1. The Morgan fingerprint density at radius 1 is 1.20 bits per heavy atom. The summed E-state index contributed by atoms with van der Waals surface area (Å²) in [7, 11) is 0. The fraction of sp³-hybridized carbons (Fsp3) is 0.750. The van der Waals surface area contributed by atoms with Gasteiger partial charge in [0.05, 0.1) is 0 Å². The minimum absolute atomic E-state index is 0. The maximum Gasteiger partial charge on any atom is 1.00 e. The Morgan fingerprint density at radius 2 is 1.20 bits per heavy atom. The third-order valence-electron chi connectivity index (χ3n) is 0. The normalized spacial score (nSPS) is 3.60. The van der Waals surface area contributed by atoms with Crippen LogP contribution in [0.2, 0.25) is 0 Å². The fourth-order valence-electron chi connectivity index (χ4n) is 0. The van der Waals surface area contributed by atoms with E-state index in [2.05, 4.69) is 13.8 Å². The molecule has 0 aliphatic carbocycles. The van der Waals surface area contributed by atoms with E-state index in [0.29, 0.717) is 0 Å². The Bertz CT molecular complexity index is 3.61. The van der Waals surface area contributed by atoms with E-state index in [9.17, 15) is 0 Å². The molecular weight excluding hydrogens is 55.0 g/mol. The average molecular weight is 66.1 g/mol. The maximum absolute atomic E-state index is 2.12. The third kappa shape index (κ3) is 86.9. The molecule has 0 spiro atoms. The molecule has 0 saturated heterocycles. The molecule has 0 aliphatic rings. The van der Waals surface area contributed by atoms with E-state index >= 15 is 0 Å². The van der Waals surface area contributed by atoms with Gasteiger partial charge < -0.3 is 7.43 Å². The molecule has 1 heteroatoms. The molecular formula is C4H11Li. The molecule has 0 unspecified atom stereocenters. The predicted octanol–water partition coefficient (Wildman–Crippen LogP) is -1.13. The molecule has 0 bridgehead atoms. The quantitative estimate of drug-likeness (QED) is 0.248. The molecule has 0 radical (unpaired) electrons. The zero-order chi connectivity index (χ0) is 2.71. The fourth-order valence-corrected chi connectivity index (χ4v) is 0. The summed E-state index contributed by atoms with van der Waals surface area (Å²) >= 11 is 0. The molecule has 0 atom stereocenters. The van der Waals surface area contributed by atoms with Crippen molar-refractivity contribution in [2.75, 3.05) is 0 Å². The molecule has 0 aromatic rings. The van der Waals surface area contributed by atoms with E-state index < -0.39 is 0 Å². The maximum atomic E-state index is 2.12. The minimum atomic E-state index is 0. The van der Waals surface area contributed by atoms with Crippen LogP contribution in [-0.2, 0) is 0 Å². The first kappa shape index (κ1) is 17.5. The van der Waals surface area contributed by atoms with Crippen molar-refractivity contribution in [2.24, 2.45) is 0 Å². The zero-order valence-electron chi connectivity index (χ0n) is 4.71. The van der Waals surface area contributed by atoms with E-state index in [1.54, 1.807) is 0 Å². The summed E-state index contributed by atoms with van der Waals surface area (Å²) in [6, 6.07) is 0. The Hall–Kier alpha value is 0.597. The summed E-state index contributed by atoms with van der Waals surface area (Å²) < 4.78 is 0. The average Bonchev–Trinajstić information content (AvgIpc) is 0.918. The Balaban J connectivity index is -0.0000000200. The van der Waals surface area contributed by atoms with Gasteiger partial charge in [-0.15, -0.1) is 0 Å². The summed E-state index contributed by atoms with van der Waals surface area (Å²) in [6.07, 6.45) is 1.25. The van der Waals surface area contributed by atoms with Gasteiger partial charge in [0.25, 0.3) is 0 Å². The van der Waals surface area contributed by atoms with Crippen molar-refractivity contribution in [1.82, 2.24) is 0 Å². The first-order chi connectivity index (χ1) is 1.41. The molecule has 0 saturated carbocycles. The van der Waals surface area contributed by atoms with E-state index in [1.165, 1.54) is 6.42 Å². The van der Waals surface area contributed by atoms with Gasteiger partial charge in [0.1, 0.15) is 0 Å². The summed E-state index contributed by atoms with van der Waals surface area (Å²) in [5.74, 6) is 0. The van der Waals surface area contributed by atoms with Crippen LogP contribution >= 0.6 is 0 Å². The van der Waals surface area contributed by atoms with Gasteiger partial charge in [0.15, 0.2) is 0 Å². The first-order valence-electron chi connectivity index (χ1n) is 1.41. The first-order valence-corrected chi connectivity index (χ1v) is 1.41. The van der Waals surface area contributed by atoms with Crippen molar-refractivity contribution in [3.8, 4) is 0 Å². The largest absolute Gasteiger partial charge is 1.00 e. The molecule has 0 heterocycles. The zero-order valence-corrected chi connectivity index (χ0v) is 4.71. The van der Waals surface area contributed by atoms with Crippen molar-refractivity contribution in [3.63, 3.8) is 0 Å². The van der Waals surface area contributed by atoms with Crippen molar-refractivity contribution in [3.05, 3.63) is 7.43 Å². The van der Waals surface area contributed by atoms with E-state index in [1.807, 2.05) is 0 Å². The van der Waals surface area contributed by atoms with Crippen LogP contribution < -0.4 is 18.9 Å². The van der Waals surface area contributed by atoms with Gasteiger partial charge in [-0.25, -0.2) is 0 Å². The van der Waals surface area contributed by atoms with Crippen LogP contribution in [0.25, 0.3) is 0 Å². The van der Waals surface area contributed by atoms with Crippen LogP contribution in [0.3, 0.4) is 0 Å². The van der Waals surface area contributed by atoms with Crippen LogP contribution in [0.15, 0.2) is 0 Å².